The Hall–Kier alpha value is -6.00. The molecule has 0 spiro atoms. The molecule has 0 aliphatic rings. The van der Waals surface area contributed by atoms with E-state index in [1.807, 2.05) is 35.1 Å². The van der Waals surface area contributed by atoms with Gasteiger partial charge in [-0.15, -0.1) is 0 Å². The molecule has 56 heavy (non-hydrogen) atoms. The van der Waals surface area contributed by atoms with Gasteiger partial charge in [-0.1, -0.05) is 153 Å². The van der Waals surface area contributed by atoms with Crippen LogP contribution >= 0.6 is 0 Å². The van der Waals surface area contributed by atoms with E-state index in [2.05, 4.69) is 165 Å². The minimum Gasteiger partial charge on any atom is -0.507 e. The summed E-state index contributed by atoms with van der Waals surface area (Å²) in [5.41, 5.74) is 14.7. The van der Waals surface area contributed by atoms with Crippen LogP contribution in [-0.2, 0) is 16.2 Å². The summed E-state index contributed by atoms with van der Waals surface area (Å²) in [6, 6.07) is 47.2. The van der Waals surface area contributed by atoms with Gasteiger partial charge in [-0.25, -0.2) is 4.68 Å². The van der Waals surface area contributed by atoms with Crippen LogP contribution in [0.4, 0.5) is 0 Å². The lowest BCUT2D eigenvalue weighted by molar-refractivity contribution is 0.476. The Morgan fingerprint density at radius 2 is 1.07 bits per heavy atom. The van der Waals surface area contributed by atoms with E-state index in [0.717, 1.165) is 66.6 Å². The third-order valence-corrected chi connectivity index (χ3v) is 11.0. The Morgan fingerprint density at radius 3 is 1.77 bits per heavy atom. The Balaban J connectivity index is 1.36. The van der Waals surface area contributed by atoms with Crippen LogP contribution in [0.1, 0.15) is 79.0 Å². The first kappa shape index (κ1) is 36.9. The average molecular weight is 734 g/mol. The Bertz CT molecular complexity index is 2720. The van der Waals surface area contributed by atoms with Gasteiger partial charge in [-0.2, -0.15) is 5.10 Å². The molecule has 0 unspecified atom stereocenters. The number of para-hydroxylation sites is 1. The van der Waals surface area contributed by atoms with Crippen LogP contribution in [0.5, 0.6) is 5.75 Å². The smallest absolute Gasteiger partial charge is 0.125 e. The van der Waals surface area contributed by atoms with Crippen LogP contribution in [0.3, 0.4) is 0 Å². The van der Waals surface area contributed by atoms with Crippen molar-refractivity contribution in [2.24, 2.45) is 0 Å². The first-order chi connectivity index (χ1) is 26.6. The Kier molecular flexibility index (Phi) is 9.00. The van der Waals surface area contributed by atoms with Gasteiger partial charge in [0.25, 0.3) is 0 Å². The molecule has 0 atom stereocenters. The van der Waals surface area contributed by atoms with Gasteiger partial charge in [0.1, 0.15) is 11.4 Å². The normalized spacial score (nSPS) is 12.4. The highest BCUT2D eigenvalue weighted by Gasteiger charge is 2.24. The van der Waals surface area contributed by atoms with E-state index in [1.165, 1.54) is 22.3 Å². The molecule has 0 bridgehead atoms. The summed E-state index contributed by atoms with van der Waals surface area (Å²) in [6.07, 6.45) is 1.90. The molecule has 6 aromatic carbocycles. The number of nitrogens with zero attached hydrogens (tertiary/aromatic N) is 3. The van der Waals surface area contributed by atoms with Crippen LogP contribution in [0.2, 0.25) is 0 Å². The van der Waals surface area contributed by atoms with Crippen LogP contribution in [0.15, 0.2) is 140 Å². The first-order valence-corrected chi connectivity index (χ1v) is 19.6. The van der Waals surface area contributed by atoms with Crippen LogP contribution in [-0.4, -0.2) is 19.9 Å². The van der Waals surface area contributed by atoms with Gasteiger partial charge in [0.05, 0.1) is 16.7 Å². The number of phenolic OH excluding ortho intramolecular Hbond substituents is 1. The van der Waals surface area contributed by atoms with Crippen molar-refractivity contribution in [2.75, 3.05) is 0 Å². The molecule has 0 radical (unpaired) electrons. The van der Waals surface area contributed by atoms with Crippen molar-refractivity contribution in [3.63, 3.8) is 0 Å². The standard InChI is InChI=1S/C52H51N3O/c1-50(2,3)37-21-24-47(56)45(32-37)49-44-18-13-14-20-46(44)55(54-49)40-29-34(33-16-11-10-12-17-33)26-35(30-40)42-23-22-41(43-19-15-25-53-48(42)43)36-27-38(51(4,5)6)31-39(28-36)52(7,8)9/h10-32,56H,1-9H3. The molecule has 2 aromatic heterocycles. The van der Waals surface area contributed by atoms with Crippen molar-refractivity contribution in [3.05, 3.63) is 156 Å². The molecule has 8 rings (SSSR count). The molecule has 0 aliphatic carbocycles. The third-order valence-electron chi connectivity index (χ3n) is 11.0. The number of aromatic hydroxyl groups is 1. The molecule has 0 saturated carbocycles. The van der Waals surface area contributed by atoms with Crippen molar-refractivity contribution in [1.82, 2.24) is 14.8 Å². The summed E-state index contributed by atoms with van der Waals surface area (Å²) < 4.78 is 2.03. The van der Waals surface area contributed by atoms with Gasteiger partial charge in [0.2, 0.25) is 0 Å². The number of pyridine rings is 1. The molecule has 2 heterocycles. The summed E-state index contributed by atoms with van der Waals surface area (Å²) >= 11 is 0. The van der Waals surface area contributed by atoms with Crippen LogP contribution < -0.4 is 0 Å². The number of phenols is 1. The quantitative estimate of drug-likeness (QED) is 0.192. The fourth-order valence-corrected chi connectivity index (χ4v) is 7.65. The van der Waals surface area contributed by atoms with Crippen molar-refractivity contribution >= 4 is 21.8 Å². The molecule has 0 aliphatic heterocycles. The van der Waals surface area contributed by atoms with Gasteiger partial charge >= 0.3 is 0 Å². The minimum atomic E-state index is -0.0869. The number of benzene rings is 6. The molecule has 0 amide bonds. The fourth-order valence-electron chi connectivity index (χ4n) is 7.65. The molecular formula is C52H51N3O. The lowest BCUT2D eigenvalue weighted by Gasteiger charge is -2.26. The van der Waals surface area contributed by atoms with E-state index < -0.39 is 0 Å². The molecule has 1 N–H and O–H groups in total. The van der Waals surface area contributed by atoms with Crippen molar-refractivity contribution in [2.45, 2.75) is 78.6 Å². The van der Waals surface area contributed by atoms with E-state index in [9.17, 15) is 5.11 Å². The zero-order valence-electron chi connectivity index (χ0n) is 34.1. The fraction of sp³-hybridized carbons (Fsp3) is 0.231. The van der Waals surface area contributed by atoms with Gasteiger partial charge in [-0.3, -0.25) is 4.98 Å². The van der Waals surface area contributed by atoms with E-state index in [1.54, 1.807) is 6.07 Å². The summed E-state index contributed by atoms with van der Waals surface area (Å²) in [6.45, 7) is 20.3. The van der Waals surface area contributed by atoms with E-state index in [0.29, 0.717) is 0 Å². The molecule has 0 saturated heterocycles. The number of hydrogen-bond donors (Lipinski definition) is 1. The predicted octanol–water partition coefficient (Wildman–Crippen LogP) is 13.8. The Labute approximate surface area is 331 Å². The van der Waals surface area contributed by atoms with Crippen LogP contribution in [0, 0.1) is 0 Å². The maximum Gasteiger partial charge on any atom is 0.125 e. The van der Waals surface area contributed by atoms with Crippen molar-refractivity contribution in [3.8, 4) is 56.1 Å². The second-order valence-corrected chi connectivity index (χ2v) is 18.3. The molecule has 8 aromatic rings. The second kappa shape index (κ2) is 13.6. The highest BCUT2D eigenvalue weighted by atomic mass is 16.3. The lowest BCUT2D eigenvalue weighted by Crippen LogP contribution is -2.16. The molecule has 4 nitrogen and oxygen atoms in total. The third kappa shape index (κ3) is 6.90. The van der Waals surface area contributed by atoms with Gasteiger partial charge in [0, 0.05) is 28.1 Å². The van der Waals surface area contributed by atoms with Gasteiger partial charge in [0.15, 0.2) is 0 Å². The summed E-state index contributed by atoms with van der Waals surface area (Å²) in [4.78, 5) is 5.07. The van der Waals surface area contributed by atoms with Crippen molar-refractivity contribution < 1.29 is 5.11 Å². The van der Waals surface area contributed by atoms with E-state index in [4.69, 9.17) is 10.1 Å². The monoisotopic (exact) mass is 733 g/mol. The minimum absolute atomic E-state index is 0.00293. The molecule has 0 fully saturated rings. The maximum atomic E-state index is 11.2. The predicted molar refractivity (Wildman–Crippen MR) is 236 cm³/mol. The number of hydrogen-bond acceptors (Lipinski definition) is 3. The number of fused-ring (bicyclic) bond motifs is 2. The largest absolute Gasteiger partial charge is 0.507 e. The van der Waals surface area contributed by atoms with Gasteiger partial charge in [-0.05, 0) is 103 Å². The van der Waals surface area contributed by atoms with Crippen molar-refractivity contribution in [1.29, 1.82) is 0 Å². The van der Waals surface area contributed by atoms with E-state index >= 15 is 0 Å². The summed E-state index contributed by atoms with van der Waals surface area (Å²) in [5.74, 6) is 0.215. The van der Waals surface area contributed by atoms with Crippen LogP contribution in [0.25, 0.3) is 72.1 Å². The Morgan fingerprint density at radius 1 is 0.464 bits per heavy atom. The lowest BCUT2D eigenvalue weighted by atomic mass is 9.78. The summed E-state index contributed by atoms with van der Waals surface area (Å²) in [5, 5.41) is 18.6. The molecule has 280 valence electrons. The zero-order valence-corrected chi connectivity index (χ0v) is 34.1. The highest BCUT2D eigenvalue weighted by molar-refractivity contribution is 6.03. The zero-order chi connectivity index (χ0) is 39.6. The highest BCUT2D eigenvalue weighted by Crippen LogP contribution is 2.42. The van der Waals surface area contributed by atoms with E-state index in [-0.39, 0.29) is 22.0 Å². The topological polar surface area (TPSA) is 50.9 Å². The number of rotatable bonds is 5. The average Bonchev–Trinajstić information content (AvgIpc) is 3.56. The summed E-state index contributed by atoms with van der Waals surface area (Å²) in [7, 11) is 0. The first-order valence-electron chi connectivity index (χ1n) is 19.6. The SMILES string of the molecule is CC(C)(C)c1cc(-c2ccc(-c3cc(-c4ccccc4)cc(-n4nc(-c5cc(C(C)(C)C)ccc5O)c5ccccc54)c3)c3ncccc23)cc(C(C)(C)C)c1. The molecular weight excluding hydrogens is 683 g/mol. The van der Waals surface area contributed by atoms with Gasteiger partial charge < -0.3 is 5.11 Å². The molecule has 4 heteroatoms. The second-order valence-electron chi connectivity index (χ2n) is 18.3. The number of aromatic nitrogens is 3. The maximum absolute atomic E-state index is 11.2.